The summed E-state index contributed by atoms with van der Waals surface area (Å²) in [6, 6.07) is 6.97. The van der Waals surface area contributed by atoms with E-state index in [1.807, 2.05) is 31.3 Å². The molecule has 3 amide bonds. The minimum Gasteiger partial charge on any atom is -0.351 e. The fourth-order valence-corrected chi connectivity index (χ4v) is 3.29. The molecule has 26 heavy (non-hydrogen) atoms. The molecule has 1 aromatic heterocycles. The van der Waals surface area contributed by atoms with Crippen LogP contribution < -0.4 is 11.1 Å². The molecule has 0 aliphatic heterocycles. The van der Waals surface area contributed by atoms with Gasteiger partial charge in [-0.2, -0.15) is 5.26 Å². The van der Waals surface area contributed by atoms with Gasteiger partial charge in [0.05, 0.1) is 5.69 Å². The molecular weight excluding hydrogens is 328 g/mol. The van der Waals surface area contributed by atoms with Gasteiger partial charge in [-0.3, -0.25) is 10.1 Å². The maximum absolute atomic E-state index is 11.9. The minimum atomic E-state index is -0.993. The van der Waals surface area contributed by atoms with Crippen LogP contribution in [0.3, 0.4) is 0 Å². The van der Waals surface area contributed by atoms with Crippen molar-refractivity contribution in [3.8, 4) is 11.8 Å². The van der Waals surface area contributed by atoms with Crippen LogP contribution in [0, 0.1) is 45.9 Å². The van der Waals surface area contributed by atoms with Crippen molar-refractivity contribution in [2.45, 2.75) is 34.6 Å². The molecule has 0 saturated heterocycles. The van der Waals surface area contributed by atoms with E-state index >= 15 is 0 Å². The van der Waals surface area contributed by atoms with Crippen molar-refractivity contribution in [1.82, 2.24) is 9.88 Å². The highest BCUT2D eigenvalue weighted by atomic mass is 16.2. The summed E-state index contributed by atoms with van der Waals surface area (Å²) in [5, 5.41) is 11.1. The Morgan fingerprint density at radius 3 is 2.19 bits per heavy atom. The first-order chi connectivity index (χ1) is 12.1. The fourth-order valence-electron chi connectivity index (χ4n) is 3.29. The van der Waals surface area contributed by atoms with Gasteiger partial charge in [0, 0.05) is 11.4 Å². The zero-order chi connectivity index (χ0) is 19.6. The van der Waals surface area contributed by atoms with Gasteiger partial charge in [0.15, 0.2) is 0 Å². The number of nitrogens with two attached hydrogens (primary N) is 1. The van der Waals surface area contributed by atoms with E-state index in [0.29, 0.717) is 0 Å². The number of rotatable bonds is 3. The van der Waals surface area contributed by atoms with E-state index in [1.165, 1.54) is 11.6 Å². The lowest BCUT2D eigenvalue weighted by molar-refractivity contribution is -0.115. The average molecular weight is 350 g/mol. The van der Waals surface area contributed by atoms with Gasteiger partial charge in [-0.05, 0) is 63.5 Å². The molecule has 0 radical (unpaired) electrons. The Hall–Kier alpha value is -3.33. The third kappa shape index (κ3) is 3.67. The molecule has 1 aromatic carbocycles. The monoisotopic (exact) mass is 350 g/mol. The van der Waals surface area contributed by atoms with E-state index in [2.05, 4.69) is 37.5 Å². The summed E-state index contributed by atoms with van der Waals surface area (Å²) in [6.45, 7) is 10.1. The van der Waals surface area contributed by atoms with E-state index in [0.717, 1.165) is 33.8 Å². The molecule has 6 nitrogen and oxygen atoms in total. The van der Waals surface area contributed by atoms with Gasteiger partial charge in [-0.15, -0.1) is 0 Å². The number of hydrogen-bond acceptors (Lipinski definition) is 3. The summed E-state index contributed by atoms with van der Waals surface area (Å²) >= 11 is 0. The summed E-state index contributed by atoms with van der Waals surface area (Å²) in [5.41, 5.74) is 12.0. The van der Waals surface area contributed by atoms with Crippen molar-refractivity contribution in [3.63, 3.8) is 0 Å². The van der Waals surface area contributed by atoms with Crippen molar-refractivity contribution in [3.05, 3.63) is 57.4 Å². The van der Waals surface area contributed by atoms with E-state index in [4.69, 9.17) is 5.73 Å². The molecule has 0 fully saturated rings. The number of imide groups is 1. The molecule has 0 saturated carbocycles. The third-order valence-electron chi connectivity index (χ3n) is 4.23. The number of benzene rings is 1. The molecule has 1 heterocycles. The van der Waals surface area contributed by atoms with Crippen molar-refractivity contribution in [2.24, 2.45) is 5.73 Å². The van der Waals surface area contributed by atoms with Gasteiger partial charge in [-0.25, -0.2) is 4.79 Å². The number of amides is 3. The van der Waals surface area contributed by atoms with Crippen LogP contribution in [-0.4, -0.2) is 16.5 Å². The maximum atomic E-state index is 11.9. The van der Waals surface area contributed by atoms with Crippen molar-refractivity contribution < 1.29 is 9.59 Å². The molecule has 0 atom stereocenters. The molecule has 2 aromatic rings. The van der Waals surface area contributed by atoms with Crippen molar-refractivity contribution >= 4 is 18.0 Å². The van der Waals surface area contributed by atoms with Crippen molar-refractivity contribution in [2.75, 3.05) is 0 Å². The van der Waals surface area contributed by atoms with Crippen LogP contribution in [0.4, 0.5) is 4.79 Å². The van der Waals surface area contributed by atoms with Gasteiger partial charge in [0.25, 0.3) is 5.91 Å². The predicted octanol–water partition coefficient (Wildman–Crippen LogP) is 3.12. The smallest absolute Gasteiger partial charge is 0.319 e. The van der Waals surface area contributed by atoms with Crippen LogP contribution in [-0.2, 0) is 4.79 Å². The second kappa shape index (κ2) is 7.28. The highest BCUT2D eigenvalue weighted by Crippen LogP contribution is 2.28. The lowest BCUT2D eigenvalue weighted by atomic mass is 10.0. The molecule has 0 bridgehead atoms. The Balaban J connectivity index is 2.59. The first kappa shape index (κ1) is 19.0. The van der Waals surface area contributed by atoms with Gasteiger partial charge in [0.2, 0.25) is 0 Å². The van der Waals surface area contributed by atoms with E-state index in [-0.39, 0.29) is 5.57 Å². The van der Waals surface area contributed by atoms with Crippen LogP contribution in [0.15, 0.2) is 23.8 Å². The molecular formula is C20H22N4O2. The van der Waals surface area contributed by atoms with Gasteiger partial charge in [-0.1, -0.05) is 17.7 Å². The van der Waals surface area contributed by atoms with Crippen molar-refractivity contribution in [1.29, 1.82) is 5.26 Å². The summed E-state index contributed by atoms with van der Waals surface area (Å²) in [5.74, 6) is -0.812. The number of hydrogen-bond donors (Lipinski definition) is 2. The van der Waals surface area contributed by atoms with Gasteiger partial charge >= 0.3 is 6.03 Å². The Morgan fingerprint density at radius 2 is 1.69 bits per heavy atom. The summed E-state index contributed by atoms with van der Waals surface area (Å²) < 4.78 is 2.11. The zero-order valence-electron chi connectivity index (χ0n) is 15.6. The third-order valence-corrected chi connectivity index (χ3v) is 4.23. The predicted molar refractivity (Wildman–Crippen MR) is 101 cm³/mol. The number of primary amides is 1. The number of urea groups is 1. The topological polar surface area (TPSA) is 101 Å². The standard InChI is InChI=1S/C20H22N4O2/c1-11-6-12(2)18(13(3)7-11)24-14(4)8-16(15(24)5)9-17(10-21)19(25)23-20(22)26/h6-9H,1-5H3,(H3,22,23,25,26)/b17-9-. The van der Waals surface area contributed by atoms with Crippen LogP contribution in [0.2, 0.25) is 0 Å². The highest BCUT2D eigenvalue weighted by Gasteiger charge is 2.16. The first-order valence-corrected chi connectivity index (χ1v) is 8.15. The number of aryl methyl sites for hydroxylation is 4. The number of nitrogens with one attached hydrogen (secondary N) is 1. The normalized spacial score (nSPS) is 11.2. The number of nitrogens with zero attached hydrogens (tertiary/aromatic N) is 2. The average Bonchev–Trinajstić information content (AvgIpc) is 2.78. The quantitative estimate of drug-likeness (QED) is 0.657. The summed E-state index contributed by atoms with van der Waals surface area (Å²) in [4.78, 5) is 22.7. The summed E-state index contributed by atoms with van der Waals surface area (Å²) in [6.07, 6.45) is 1.47. The van der Waals surface area contributed by atoms with Crippen LogP contribution >= 0.6 is 0 Å². The van der Waals surface area contributed by atoms with Crippen LogP contribution in [0.25, 0.3) is 11.8 Å². The van der Waals surface area contributed by atoms with E-state index in [1.54, 1.807) is 0 Å². The van der Waals surface area contributed by atoms with Gasteiger partial charge < -0.3 is 10.3 Å². The van der Waals surface area contributed by atoms with Crippen LogP contribution in [0.5, 0.6) is 0 Å². The second-order valence-corrected chi connectivity index (χ2v) is 6.40. The molecule has 134 valence electrons. The molecule has 0 aliphatic rings. The molecule has 0 unspecified atom stereocenters. The summed E-state index contributed by atoms with van der Waals surface area (Å²) in [7, 11) is 0. The molecule has 0 spiro atoms. The Kier molecular flexibility index (Phi) is 5.32. The number of carbonyl (C=O) groups excluding carboxylic acids is 2. The number of aromatic nitrogens is 1. The SMILES string of the molecule is Cc1cc(C)c(-n2c(C)cc(/C=C(/C#N)C(=O)NC(N)=O)c2C)c(C)c1. The fraction of sp³-hybridized carbons (Fsp3) is 0.250. The second-order valence-electron chi connectivity index (χ2n) is 6.40. The molecule has 6 heteroatoms. The lowest BCUT2D eigenvalue weighted by Crippen LogP contribution is -2.35. The van der Waals surface area contributed by atoms with E-state index in [9.17, 15) is 14.9 Å². The minimum absolute atomic E-state index is 0.179. The maximum Gasteiger partial charge on any atom is 0.319 e. The Labute approximate surface area is 152 Å². The van der Waals surface area contributed by atoms with E-state index < -0.39 is 11.9 Å². The largest absolute Gasteiger partial charge is 0.351 e. The Bertz CT molecular complexity index is 951. The first-order valence-electron chi connectivity index (χ1n) is 8.15. The van der Waals surface area contributed by atoms with Gasteiger partial charge in [0.1, 0.15) is 11.6 Å². The highest BCUT2D eigenvalue weighted by molar-refractivity contribution is 6.08. The number of carbonyl (C=O) groups is 2. The Morgan fingerprint density at radius 1 is 1.12 bits per heavy atom. The molecule has 3 N–H and O–H groups in total. The van der Waals surface area contributed by atoms with Crippen LogP contribution in [0.1, 0.15) is 33.6 Å². The molecule has 0 aliphatic carbocycles. The zero-order valence-corrected chi connectivity index (χ0v) is 15.6. The number of nitriles is 1. The lowest BCUT2D eigenvalue weighted by Gasteiger charge is -2.17. The molecule has 2 rings (SSSR count).